The number of carbonyl (C=O) groups is 2. The van der Waals surface area contributed by atoms with Gasteiger partial charge >= 0.3 is 0 Å². The summed E-state index contributed by atoms with van der Waals surface area (Å²) in [5, 5.41) is 33.7. The first-order chi connectivity index (χ1) is 14.8. The van der Waals surface area contributed by atoms with Gasteiger partial charge in [-0.2, -0.15) is 5.10 Å². The second-order valence-electron chi connectivity index (χ2n) is 6.15. The molecule has 0 radical (unpaired) electrons. The van der Waals surface area contributed by atoms with Gasteiger partial charge in [-0.05, 0) is 12.1 Å². The van der Waals surface area contributed by atoms with E-state index in [9.17, 15) is 29.8 Å². The Morgan fingerprint density at radius 2 is 1.84 bits per heavy atom. The molecule has 12 nitrogen and oxygen atoms in total. The number of nitrogens with one attached hydrogen (secondary N) is 2. The number of nitro groups is 2. The zero-order valence-electron chi connectivity index (χ0n) is 15.6. The Morgan fingerprint density at radius 3 is 2.52 bits per heavy atom. The number of non-ortho nitro benzene ring substituents is 2. The lowest BCUT2D eigenvalue weighted by Gasteiger charge is -2.07. The topological polar surface area (TPSA) is 169 Å². The minimum Gasteiger partial charge on any atom is -0.326 e. The van der Waals surface area contributed by atoms with Gasteiger partial charge in [0.2, 0.25) is 11.8 Å². The lowest BCUT2D eigenvalue weighted by atomic mass is 10.2. The molecule has 2 amide bonds. The number of amides is 2. The predicted molar refractivity (Wildman–Crippen MR) is 114 cm³/mol. The highest BCUT2D eigenvalue weighted by atomic mass is 32.2. The lowest BCUT2D eigenvalue weighted by molar-refractivity contribution is -0.385. The quantitative estimate of drug-likeness (QED) is 0.377. The summed E-state index contributed by atoms with van der Waals surface area (Å²) in [5.74, 6) is -0.851. The molecule has 0 spiro atoms. The number of rotatable bonds is 7. The van der Waals surface area contributed by atoms with Gasteiger partial charge in [0, 0.05) is 41.9 Å². The number of amidine groups is 1. The number of anilines is 1. The molecule has 1 aliphatic rings. The van der Waals surface area contributed by atoms with Gasteiger partial charge in [0.25, 0.3) is 11.4 Å². The van der Waals surface area contributed by atoms with E-state index in [-0.39, 0.29) is 23.0 Å². The van der Waals surface area contributed by atoms with Gasteiger partial charge in [0.05, 0.1) is 16.1 Å². The Bertz CT molecular complexity index is 1100. The third-order valence-electron chi connectivity index (χ3n) is 3.95. The van der Waals surface area contributed by atoms with Gasteiger partial charge in [0.1, 0.15) is 5.25 Å². The number of thioether (sulfide) groups is 1. The van der Waals surface area contributed by atoms with Crippen LogP contribution >= 0.6 is 11.8 Å². The van der Waals surface area contributed by atoms with E-state index in [1.165, 1.54) is 48.7 Å². The van der Waals surface area contributed by atoms with Crippen LogP contribution in [0.3, 0.4) is 0 Å². The molecule has 0 bridgehead atoms. The Morgan fingerprint density at radius 1 is 1.13 bits per heavy atom. The van der Waals surface area contributed by atoms with Crippen molar-refractivity contribution in [1.82, 2.24) is 5.32 Å². The van der Waals surface area contributed by atoms with Crippen LogP contribution in [0.25, 0.3) is 0 Å². The summed E-state index contributed by atoms with van der Waals surface area (Å²) >= 11 is 1.02. The first kappa shape index (κ1) is 21.6. The van der Waals surface area contributed by atoms with Crippen LogP contribution in [-0.2, 0) is 9.59 Å². The molecule has 31 heavy (non-hydrogen) atoms. The monoisotopic (exact) mass is 442 g/mol. The molecule has 1 fully saturated rings. The molecule has 2 aromatic rings. The minimum absolute atomic E-state index is 0.0840. The molecule has 1 unspecified atom stereocenters. The number of hydrogen-bond donors (Lipinski definition) is 2. The van der Waals surface area contributed by atoms with E-state index in [2.05, 4.69) is 20.8 Å². The lowest BCUT2D eigenvalue weighted by Crippen LogP contribution is -2.28. The van der Waals surface area contributed by atoms with Crippen LogP contribution in [-0.4, -0.2) is 38.3 Å². The molecule has 1 saturated heterocycles. The molecular weight excluding hydrogens is 428 g/mol. The van der Waals surface area contributed by atoms with E-state index < -0.39 is 26.9 Å². The van der Waals surface area contributed by atoms with Gasteiger partial charge in [0.15, 0.2) is 5.17 Å². The van der Waals surface area contributed by atoms with E-state index in [4.69, 9.17) is 0 Å². The van der Waals surface area contributed by atoms with Crippen LogP contribution < -0.4 is 10.6 Å². The Hall–Kier alpha value is -4.13. The van der Waals surface area contributed by atoms with Crippen molar-refractivity contribution in [2.24, 2.45) is 10.2 Å². The molecule has 2 aromatic carbocycles. The summed E-state index contributed by atoms with van der Waals surface area (Å²) in [6.07, 6.45) is 1.17. The third-order valence-corrected chi connectivity index (χ3v) is 5.02. The standard InChI is InChI=1S/C18H14N6O6S/c25-16(20-12-4-6-13(7-5-12)23(27)28)9-15-17(26)21-18(31-15)22-19-10-11-2-1-3-14(8-11)24(29)30/h1-8,10,15H,9H2,(H,20,25)(H,21,22,26)/b19-10+. The van der Waals surface area contributed by atoms with E-state index in [1.54, 1.807) is 6.07 Å². The fourth-order valence-electron chi connectivity index (χ4n) is 2.50. The second-order valence-corrected chi connectivity index (χ2v) is 7.35. The highest BCUT2D eigenvalue weighted by molar-refractivity contribution is 8.15. The number of benzene rings is 2. The van der Waals surface area contributed by atoms with E-state index in [0.29, 0.717) is 11.3 Å². The van der Waals surface area contributed by atoms with Gasteiger partial charge < -0.3 is 10.6 Å². The highest BCUT2D eigenvalue weighted by Gasteiger charge is 2.32. The summed E-state index contributed by atoms with van der Waals surface area (Å²) in [6, 6.07) is 11.1. The predicted octanol–water partition coefficient (Wildman–Crippen LogP) is 2.45. The summed E-state index contributed by atoms with van der Waals surface area (Å²) in [5.41, 5.74) is 0.649. The number of hydrogen-bond acceptors (Lipinski definition) is 9. The molecule has 158 valence electrons. The van der Waals surface area contributed by atoms with Gasteiger partial charge in [-0.3, -0.25) is 29.8 Å². The van der Waals surface area contributed by atoms with Crippen LogP contribution in [0.1, 0.15) is 12.0 Å². The van der Waals surface area contributed by atoms with Crippen molar-refractivity contribution >= 4 is 52.0 Å². The fraction of sp³-hybridized carbons (Fsp3) is 0.111. The van der Waals surface area contributed by atoms with Crippen LogP contribution in [0.5, 0.6) is 0 Å². The molecule has 0 saturated carbocycles. The van der Waals surface area contributed by atoms with Crippen LogP contribution in [0.15, 0.2) is 58.7 Å². The summed E-state index contributed by atoms with van der Waals surface area (Å²) < 4.78 is 0. The van der Waals surface area contributed by atoms with Crippen molar-refractivity contribution in [3.63, 3.8) is 0 Å². The van der Waals surface area contributed by atoms with Crippen LogP contribution in [0, 0.1) is 20.2 Å². The van der Waals surface area contributed by atoms with Crippen molar-refractivity contribution in [2.45, 2.75) is 11.7 Å². The molecule has 0 aliphatic carbocycles. The average molecular weight is 442 g/mol. The van der Waals surface area contributed by atoms with Crippen LogP contribution in [0.2, 0.25) is 0 Å². The zero-order valence-corrected chi connectivity index (χ0v) is 16.4. The maximum Gasteiger partial charge on any atom is 0.270 e. The highest BCUT2D eigenvalue weighted by Crippen LogP contribution is 2.23. The zero-order chi connectivity index (χ0) is 22.4. The normalized spacial score (nSPS) is 17.0. The largest absolute Gasteiger partial charge is 0.326 e. The van der Waals surface area contributed by atoms with E-state index in [0.717, 1.165) is 11.8 Å². The molecule has 1 atom stereocenters. The molecule has 2 N–H and O–H groups in total. The molecule has 1 heterocycles. The van der Waals surface area contributed by atoms with E-state index >= 15 is 0 Å². The van der Waals surface area contributed by atoms with Crippen LogP contribution in [0.4, 0.5) is 17.1 Å². The van der Waals surface area contributed by atoms with Crippen molar-refractivity contribution in [2.75, 3.05) is 5.32 Å². The number of nitro benzene ring substituents is 2. The molecular formula is C18H14N6O6S. The van der Waals surface area contributed by atoms with Gasteiger partial charge in [-0.15, -0.1) is 5.10 Å². The summed E-state index contributed by atoms with van der Waals surface area (Å²) in [6.45, 7) is 0. The summed E-state index contributed by atoms with van der Waals surface area (Å²) in [7, 11) is 0. The molecule has 3 rings (SSSR count). The van der Waals surface area contributed by atoms with Gasteiger partial charge in [-0.1, -0.05) is 23.9 Å². The third kappa shape index (κ3) is 5.93. The maximum absolute atomic E-state index is 12.2. The number of carbonyl (C=O) groups excluding carboxylic acids is 2. The first-order valence-electron chi connectivity index (χ1n) is 8.69. The van der Waals surface area contributed by atoms with Crippen molar-refractivity contribution in [1.29, 1.82) is 0 Å². The minimum atomic E-state index is -0.718. The SMILES string of the molecule is O=C(CC1S/C(=N/N=C/c2cccc([N+](=O)[O-])c2)NC1=O)Nc1ccc([N+](=O)[O-])cc1. The maximum atomic E-state index is 12.2. The molecule has 0 aromatic heterocycles. The summed E-state index contributed by atoms with van der Waals surface area (Å²) in [4.78, 5) is 44.6. The van der Waals surface area contributed by atoms with Gasteiger partial charge in [-0.25, -0.2) is 0 Å². The smallest absolute Gasteiger partial charge is 0.270 e. The first-order valence-corrected chi connectivity index (χ1v) is 9.57. The fourth-order valence-corrected chi connectivity index (χ4v) is 3.42. The Kier molecular flexibility index (Phi) is 6.67. The Balaban J connectivity index is 1.55. The molecule has 1 aliphatic heterocycles. The number of nitrogens with zero attached hydrogens (tertiary/aromatic N) is 4. The second kappa shape index (κ2) is 9.58. The average Bonchev–Trinajstić information content (AvgIpc) is 3.07. The Labute approximate surface area is 178 Å². The van der Waals surface area contributed by atoms with E-state index in [1.807, 2.05) is 0 Å². The van der Waals surface area contributed by atoms with Crippen molar-refractivity contribution < 1.29 is 19.4 Å². The van der Waals surface area contributed by atoms with Crippen molar-refractivity contribution in [3.8, 4) is 0 Å². The molecule has 13 heteroatoms. The van der Waals surface area contributed by atoms with Crippen molar-refractivity contribution in [3.05, 3.63) is 74.3 Å².